The number of nitrogens with one attached hydrogen (secondary N) is 1. The number of piperidine rings is 3. The maximum absolute atomic E-state index is 12.6. The zero-order valence-electron chi connectivity index (χ0n) is 19.3. The summed E-state index contributed by atoms with van der Waals surface area (Å²) in [6.07, 6.45) is 2.14. The molecule has 2 bridgehead atoms. The van der Waals surface area contributed by atoms with E-state index in [4.69, 9.17) is 4.74 Å². The largest absolute Gasteiger partial charge is 0.456 e. The molecule has 4 heterocycles. The van der Waals surface area contributed by atoms with Crippen LogP contribution in [0.5, 0.6) is 0 Å². The summed E-state index contributed by atoms with van der Waals surface area (Å²) in [5.41, 5.74) is 1.89. The number of benzene rings is 2. The van der Waals surface area contributed by atoms with E-state index in [1.54, 1.807) is 12.1 Å². The number of esters is 1. The molecule has 0 amide bonds. The normalized spacial score (nSPS) is 22.9. The van der Waals surface area contributed by atoms with Crippen molar-refractivity contribution in [2.24, 2.45) is 5.92 Å². The Kier molecular flexibility index (Phi) is 7.75. The minimum atomic E-state index is -0.219. The first-order valence-corrected chi connectivity index (χ1v) is 12.5. The van der Waals surface area contributed by atoms with Crippen LogP contribution in [0.4, 0.5) is 15.8 Å². The smallest absolute Gasteiger partial charge is 0.303 e. The van der Waals surface area contributed by atoms with Gasteiger partial charge in [-0.05, 0) is 47.8 Å². The molecule has 0 saturated carbocycles. The standard InChI is InChI=1S/C15H20NO3S.C12H10FN/c1-11(17)19-14-10-16(6-4-12(14)5-7-16)9-13(18)15-3-2-8-20-15;13-10-6-8-12(9-7-10)14-11-4-2-1-3-5-11/h2-3,8,12,14H,4-7,9-10H2,1H3;1-9,14H/q+1;. The summed E-state index contributed by atoms with van der Waals surface area (Å²) < 4.78 is 18.9. The van der Waals surface area contributed by atoms with Gasteiger partial charge in [-0.2, -0.15) is 0 Å². The third-order valence-corrected chi connectivity index (χ3v) is 7.45. The van der Waals surface area contributed by atoms with Gasteiger partial charge in [-0.25, -0.2) is 4.39 Å². The van der Waals surface area contributed by atoms with E-state index >= 15 is 0 Å². The zero-order valence-corrected chi connectivity index (χ0v) is 20.1. The van der Waals surface area contributed by atoms with Crippen LogP contribution in [0.3, 0.4) is 0 Å². The second-order valence-corrected chi connectivity index (χ2v) is 9.96. The first-order valence-electron chi connectivity index (χ1n) is 11.6. The van der Waals surface area contributed by atoms with E-state index in [2.05, 4.69) is 5.32 Å². The van der Waals surface area contributed by atoms with E-state index in [1.165, 1.54) is 30.4 Å². The highest BCUT2D eigenvalue weighted by atomic mass is 32.1. The fourth-order valence-electron chi connectivity index (χ4n) is 4.83. The number of carbonyl (C=O) groups is 2. The Labute approximate surface area is 203 Å². The van der Waals surface area contributed by atoms with Crippen molar-refractivity contribution in [2.75, 3.05) is 31.5 Å². The fraction of sp³-hybridized carbons (Fsp3) is 0.333. The second-order valence-electron chi connectivity index (χ2n) is 9.01. The van der Waals surface area contributed by atoms with E-state index in [-0.39, 0.29) is 23.7 Å². The summed E-state index contributed by atoms with van der Waals surface area (Å²) in [5, 5.41) is 5.11. The van der Waals surface area contributed by atoms with Gasteiger partial charge in [0.1, 0.15) is 18.9 Å². The first-order chi connectivity index (χ1) is 16.4. The van der Waals surface area contributed by atoms with Crippen LogP contribution in [0.15, 0.2) is 72.1 Å². The molecule has 5 nitrogen and oxygen atoms in total. The molecule has 1 aromatic heterocycles. The summed E-state index contributed by atoms with van der Waals surface area (Å²) in [4.78, 5) is 24.4. The van der Waals surface area contributed by atoms with E-state index < -0.39 is 0 Å². The van der Waals surface area contributed by atoms with Gasteiger partial charge in [0.25, 0.3) is 0 Å². The molecular formula is C27H30FN2O3S+. The Morgan fingerprint density at radius 1 is 1.00 bits per heavy atom. The summed E-state index contributed by atoms with van der Waals surface area (Å²) >= 11 is 1.51. The Morgan fingerprint density at radius 2 is 1.68 bits per heavy atom. The summed E-state index contributed by atoms with van der Waals surface area (Å²) in [7, 11) is 0. The number of quaternary nitrogens is 1. The van der Waals surface area contributed by atoms with Gasteiger partial charge in [-0.3, -0.25) is 9.59 Å². The van der Waals surface area contributed by atoms with E-state index in [0.717, 1.165) is 53.2 Å². The number of fused-ring (bicyclic) bond motifs is 3. The molecule has 3 aliphatic heterocycles. The lowest BCUT2D eigenvalue weighted by Crippen LogP contribution is -2.65. The summed E-state index contributed by atoms with van der Waals surface area (Å²) in [5.74, 6) is 0.299. The number of hydrogen-bond donors (Lipinski definition) is 1. The van der Waals surface area contributed by atoms with Gasteiger partial charge in [0.2, 0.25) is 5.78 Å². The molecule has 0 aliphatic carbocycles. The number of ether oxygens (including phenoxy) is 1. The number of para-hydroxylation sites is 1. The maximum Gasteiger partial charge on any atom is 0.303 e. The van der Waals surface area contributed by atoms with E-state index in [1.807, 2.05) is 47.8 Å². The number of thiophene rings is 1. The molecule has 7 heteroatoms. The Balaban J connectivity index is 0.000000172. The summed E-state index contributed by atoms with van der Waals surface area (Å²) in [6, 6.07) is 19.9. The lowest BCUT2D eigenvalue weighted by atomic mass is 9.83. The lowest BCUT2D eigenvalue weighted by molar-refractivity contribution is -0.938. The van der Waals surface area contributed by atoms with Crippen LogP contribution >= 0.6 is 11.3 Å². The molecular weight excluding hydrogens is 451 g/mol. The molecule has 0 radical (unpaired) electrons. The molecule has 3 fully saturated rings. The summed E-state index contributed by atoms with van der Waals surface area (Å²) in [6.45, 7) is 4.91. The van der Waals surface area contributed by atoms with Gasteiger partial charge in [0, 0.05) is 37.1 Å². The van der Waals surface area contributed by atoms with Crippen molar-refractivity contribution in [3.05, 3.63) is 82.8 Å². The predicted octanol–water partition coefficient (Wildman–Crippen LogP) is 5.67. The molecule has 0 spiro atoms. The van der Waals surface area contributed by atoms with Crippen molar-refractivity contribution in [1.82, 2.24) is 0 Å². The fourth-order valence-corrected chi connectivity index (χ4v) is 5.49. The van der Waals surface area contributed by atoms with Crippen LogP contribution < -0.4 is 5.32 Å². The lowest BCUT2D eigenvalue weighted by Gasteiger charge is -2.51. The van der Waals surface area contributed by atoms with E-state index in [9.17, 15) is 14.0 Å². The average molecular weight is 482 g/mol. The van der Waals surface area contributed by atoms with Crippen molar-refractivity contribution in [1.29, 1.82) is 0 Å². The number of carbonyl (C=O) groups excluding carboxylic acids is 2. The first kappa shape index (κ1) is 24.1. The average Bonchev–Trinajstić information content (AvgIpc) is 3.37. The molecule has 6 rings (SSSR count). The molecule has 3 aromatic rings. The number of rotatable bonds is 6. The monoisotopic (exact) mass is 481 g/mol. The zero-order chi connectivity index (χ0) is 24.0. The van der Waals surface area contributed by atoms with Crippen molar-refractivity contribution in [2.45, 2.75) is 25.9 Å². The van der Waals surface area contributed by atoms with Crippen molar-refractivity contribution < 1.29 is 23.2 Å². The van der Waals surface area contributed by atoms with Crippen LogP contribution in [-0.2, 0) is 9.53 Å². The van der Waals surface area contributed by atoms with Crippen LogP contribution in [0.25, 0.3) is 0 Å². The van der Waals surface area contributed by atoms with Gasteiger partial charge >= 0.3 is 5.97 Å². The van der Waals surface area contributed by atoms with E-state index in [0.29, 0.717) is 12.5 Å². The van der Waals surface area contributed by atoms with Gasteiger partial charge in [0.05, 0.1) is 18.0 Å². The van der Waals surface area contributed by atoms with Crippen molar-refractivity contribution in [3.63, 3.8) is 0 Å². The number of ketones is 1. The van der Waals surface area contributed by atoms with Crippen LogP contribution in [-0.4, -0.2) is 48.5 Å². The number of Topliss-reactive ketones (excluding diaryl/α,β-unsaturated/α-hetero) is 1. The van der Waals surface area contributed by atoms with Crippen molar-refractivity contribution >= 4 is 34.5 Å². The SMILES string of the molecule is CC(=O)OC1C[N+]2(CC(=O)c3cccs3)CCC1CC2.Fc1ccc(Nc2ccccc2)cc1. The van der Waals surface area contributed by atoms with Gasteiger partial charge in [0.15, 0.2) is 6.10 Å². The third-order valence-electron chi connectivity index (χ3n) is 6.54. The minimum Gasteiger partial charge on any atom is -0.456 e. The Bertz CT molecular complexity index is 1080. The molecule has 3 aliphatic rings. The van der Waals surface area contributed by atoms with Gasteiger partial charge < -0.3 is 14.5 Å². The highest BCUT2D eigenvalue weighted by Crippen LogP contribution is 2.36. The molecule has 178 valence electrons. The Hall–Kier alpha value is -3.03. The molecule has 1 N–H and O–H groups in total. The highest BCUT2D eigenvalue weighted by molar-refractivity contribution is 7.12. The number of halogens is 1. The van der Waals surface area contributed by atoms with Crippen LogP contribution in [0, 0.1) is 11.7 Å². The maximum atomic E-state index is 12.6. The molecule has 1 unspecified atom stereocenters. The molecule has 3 saturated heterocycles. The minimum absolute atomic E-state index is 0.00568. The van der Waals surface area contributed by atoms with Gasteiger partial charge in [-0.15, -0.1) is 11.3 Å². The molecule has 2 aromatic carbocycles. The second kappa shape index (κ2) is 10.9. The number of anilines is 2. The van der Waals surface area contributed by atoms with Crippen molar-refractivity contribution in [3.8, 4) is 0 Å². The highest BCUT2D eigenvalue weighted by Gasteiger charge is 2.48. The quantitative estimate of drug-likeness (QED) is 0.280. The Morgan fingerprint density at radius 3 is 2.29 bits per heavy atom. The van der Waals surface area contributed by atoms with Crippen LogP contribution in [0.1, 0.15) is 29.4 Å². The van der Waals surface area contributed by atoms with Gasteiger partial charge in [-0.1, -0.05) is 24.3 Å². The van der Waals surface area contributed by atoms with Crippen LogP contribution in [0.2, 0.25) is 0 Å². The predicted molar refractivity (Wildman–Crippen MR) is 133 cm³/mol. The molecule has 1 atom stereocenters. The third kappa shape index (κ3) is 6.30. The number of nitrogens with zero attached hydrogens (tertiary/aromatic N) is 1. The molecule has 34 heavy (non-hydrogen) atoms. The number of hydrogen-bond acceptors (Lipinski definition) is 5. The topological polar surface area (TPSA) is 55.4 Å².